The summed E-state index contributed by atoms with van der Waals surface area (Å²) in [5.74, 6) is 1.35. The third kappa shape index (κ3) is 7.63. The highest BCUT2D eigenvalue weighted by molar-refractivity contribution is 14.0. The van der Waals surface area contributed by atoms with Gasteiger partial charge in [0.25, 0.3) is 0 Å². The standard InChI is InChI=1S/C21H30N4O2.HI/c1-21(2,18-10-6-5-7-11-18)16-25-20(22-3)24-15-17-9-8-12-23-19(17)27-14-13-26-4;/h5-12H,13-16H2,1-4H3,(H2,22,24,25);1H. The van der Waals surface area contributed by atoms with E-state index >= 15 is 0 Å². The van der Waals surface area contributed by atoms with Crippen LogP contribution in [0.1, 0.15) is 25.0 Å². The number of methoxy groups -OCH3 is 1. The summed E-state index contributed by atoms with van der Waals surface area (Å²) in [6.45, 7) is 6.76. The summed E-state index contributed by atoms with van der Waals surface area (Å²) in [7, 11) is 3.42. The number of rotatable bonds is 9. The highest BCUT2D eigenvalue weighted by Crippen LogP contribution is 2.21. The van der Waals surface area contributed by atoms with Gasteiger partial charge in [-0.15, -0.1) is 24.0 Å². The van der Waals surface area contributed by atoms with Gasteiger partial charge in [-0.1, -0.05) is 50.2 Å². The number of aromatic nitrogens is 1. The fourth-order valence-corrected chi connectivity index (χ4v) is 2.61. The summed E-state index contributed by atoms with van der Waals surface area (Å²) in [4.78, 5) is 8.62. The predicted molar refractivity (Wildman–Crippen MR) is 125 cm³/mol. The minimum Gasteiger partial charge on any atom is -0.475 e. The number of pyridine rings is 1. The number of nitrogens with zero attached hydrogens (tertiary/aromatic N) is 2. The molecule has 0 saturated heterocycles. The molecule has 28 heavy (non-hydrogen) atoms. The quantitative estimate of drug-likeness (QED) is 0.240. The molecule has 0 spiro atoms. The normalized spacial score (nSPS) is 11.5. The average molecular weight is 498 g/mol. The first kappa shape index (κ1) is 24.2. The molecule has 1 aromatic carbocycles. The van der Waals surface area contributed by atoms with Crippen molar-refractivity contribution < 1.29 is 9.47 Å². The lowest BCUT2D eigenvalue weighted by molar-refractivity contribution is 0.143. The third-order valence-corrected chi connectivity index (χ3v) is 4.30. The molecule has 0 aliphatic heterocycles. The van der Waals surface area contributed by atoms with E-state index in [1.807, 2.05) is 18.2 Å². The van der Waals surface area contributed by atoms with Crippen LogP contribution < -0.4 is 15.4 Å². The molecule has 0 aliphatic carbocycles. The number of ether oxygens (including phenoxy) is 2. The summed E-state index contributed by atoms with van der Waals surface area (Å²) in [5.41, 5.74) is 2.25. The fourth-order valence-electron chi connectivity index (χ4n) is 2.61. The molecule has 0 radical (unpaired) electrons. The molecule has 0 bridgehead atoms. The smallest absolute Gasteiger partial charge is 0.218 e. The maximum atomic E-state index is 5.68. The van der Waals surface area contributed by atoms with E-state index in [1.54, 1.807) is 20.4 Å². The number of hydrogen-bond donors (Lipinski definition) is 2. The van der Waals surface area contributed by atoms with Crippen molar-refractivity contribution in [2.24, 2.45) is 4.99 Å². The van der Waals surface area contributed by atoms with E-state index < -0.39 is 0 Å². The van der Waals surface area contributed by atoms with Crippen LogP contribution in [-0.4, -0.2) is 44.9 Å². The monoisotopic (exact) mass is 498 g/mol. The van der Waals surface area contributed by atoms with Crippen LogP contribution in [0.2, 0.25) is 0 Å². The second kappa shape index (κ2) is 12.6. The Morgan fingerprint density at radius 2 is 1.82 bits per heavy atom. The van der Waals surface area contributed by atoms with Crippen LogP contribution in [0.4, 0.5) is 0 Å². The van der Waals surface area contributed by atoms with Gasteiger partial charge in [0.05, 0.1) is 6.61 Å². The molecule has 1 aromatic heterocycles. The van der Waals surface area contributed by atoms with Crippen LogP contribution in [-0.2, 0) is 16.7 Å². The molecular formula is C21H31IN4O2. The first-order valence-corrected chi connectivity index (χ1v) is 9.12. The molecule has 0 amide bonds. The van der Waals surface area contributed by atoms with Gasteiger partial charge in [-0.05, 0) is 11.6 Å². The summed E-state index contributed by atoms with van der Waals surface area (Å²) in [5, 5.41) is 6.74. The number of aliphatic imine (C=N–C) groups is 1. The zero-order valence-electron chi connectivity index (χ0n) is 17.1. The van der Waals surface area contributed by atoms with Crippen molar-refractivity contribution in [3.05, 3.63) is 59.8 Å². The summed E-state index contributed by atoms with van der Waals surface area (Å²) in [6.07, 6.45) is 1.72. The molecule has 0 fully saturated rings. The zero-order chi connectivity index (χ0) is 19.5. The van der Waals surface area contributed by atoms with Gasteiger partial charge in [0.1, 0.15) is 6.61 Å². The molecule has 7 heteroatoms. The summed E-state index contributed by atoms with van der Waals surface area (Å²) >= 11 is 0. The molecule has 0 atom stereocenters. The maximum Gasteiger partial charge on any atom is 0.218 e. The molecule has 2 aromatic rings. The van der Waals surface area contributed by atoms with Gasteiger partial charge < -0.3 is 20.1 Å². The Bertz CT molecular complexity index is 723. The van der Waals surface area contributed by atoms with Gasteiger partial charge >= 0.3 is 0 Å². The van der Waals surface area contributed by atoms with E-state index in [4.69, 9.17) is 9.47 Å². The van der Waals surface area contributed by atoms with E-state index in [0.717, 1.165) is 18.1 Å². The minimum atomic E-state index is -0.0123. The van der Waals surface area contributed by atoms with Crippen molar-refractivity contribution in [2.45, 2.75) is 25.8 Å². The third-order valence-electron chi connectivity index (χ3n) is 4.30. The summed E-state index contributed by atoms with van der Waals surface area (Å²) in [6, 6.07) is 14.4. The molecule has 0 unspecified atom stereocenters. The number of benzene rings is 1. The molecule has 1 heterocycles. The Morgan fingerprint density at radius 1 is 1.07 bits per heavy atom. The van der Waals surface area contributed by atoms with Crippen molar-refractivity contribution in [2.75, 3.05) is 33.9 Å². The van der Waals surface area contributed by atoms with E-state index in [1.165, 1.54) is 5.56 Å². The van der Waals surface area contributed by atoms with Gasteiger partial charge in [0, 0.05) is 44.4 Å². The molecule has 0 aliphatic rings. The number of nitrogens with one attached hydrogen (secondary N) is 2. The Morgan fingerprint density at radius 3 is 2.50 bits per heavy atom. The van der Waals surface area contributed by atoms with Crippen molar-refractivity contribution in [3.63, 3.8) is 0 Å². The van der Waals surface area contributed by atoms with Gasteiger partial charge in [-0.2, -0.15) is 0 Å². The Kier molecular flexibility index (Phi) is 10.8. The van der Waals surface area contributed by atoms with Crippen LogP contribution in [0.5, 0.6) is 5.88 Å². The van der Waals surface area contributed by atoms with Gasteiger partial charge in [-0.3, -0.25) is 4.99 Å². The van der Waals surface area contributed by atoms with Crippen LogP contribution >= 0.6 is 24.0 Å². The first-order valence-electron chi connectivity index (χ1n) is 9.12. The highest BCUT2D eigenvalue weighted by atomic mass is 127. The summed E-state index contributed by atoms with van der Waals surface area (Å²) < 4.78 is 10.7. The van der Waals surface area contributed by atoms with Crippen molar-refractivity contribution in [1.29, 1.82) is 0 Å². The second-order valence-corrected chi connectivity index (χ2v) is 6.84. The SMILES string of the molecule is CN=C(NCc1cccnc1OCCOC)NCC(C)(C)c1ccccc1.I. The largest absolute Gasteiger partial charge is 0.475 e. The molecule has 154 valence electrons. The molecule has 2 rings (SSSR count). The first-order chi connectivity index (χ1) is 13.1. The number of halogens is 1. The minimum absolute atomic E-state index is 0. The maximum absolute atomic E-state index is 5.68. The van der Waals surface area contributed by atoms with Crippen molar-refractivity contribution in [3.8, 4) is 5.88 Å². The fraction of sp³-hybridized carbons (Fsp3) is 0.429. The Balaban J connectivity index is 0.00000392. The van der Waals surface area contributed by atoms with E-state index in [0.29, 0.717) is 25.6 Å². The lowest BCUT2D eigenvalue weighted by atomic mass is 9.85. The lowest BCUT2D eigenvalue weighted by Gasteiger charge is -2.26. The predicted octanol–water partition coefficient (Wildman–Crippen LogP) is 3.37. The average Bonchev–Trinajstić information content (AvgIpc) is 2.70. The second-order valence-electron chi connectivity index (χ2n) is 6.84. The molecular weight excluding hydrogens is 467 g/mol. The van der Waals surface area contributed by atoms with Crippen molar-refractivity contribution >= 4 is 29.9 Å². The van der Waals surface area contributed by atoms with Crippen molar-refractivity contribution in [1.82, 2.24) is 15.6 Å². The van der Waals surface area contributed by atoms with Crippen LogP contribution in [0.15, 0.2) is 53.7 Å². The molecule has 6 nitrogen and oxygen atoms in total. The number of hydrogen-bond acceptors (Lipinski definition) is 4. The van der Waals surface area contributed by atoms with E-state index in [-0.39, 0.29) is 29.4 Å². The Hall–Kier alpha value is -1.87. The van der Waals surface area contributed by atoms with Gasteiger partial charge in [-0.25, -0.2) is 4.98 Å². The van der Waals surface area contributed by atoms with E-state index in [9.17, 15) is 0 Å². The topological polar surface area (TPSA) is 67.8 Å². The van der Waals surface area contributed by atoms with Gasteiger partial charge in [0.2, 0.25) is 5.88 Å². The zero-order valence-corrected chi connectivity index (χ0v) is 19.4. The number of guanidine groups is 1. The highest BCUT2D eigenvalue weighted by Gasteiger charge is 2.20. The lowest BCUT2D eigenvalue weighted by Crippen LogP contribution is -2.43. The van der Waals surface area contributed by atoms with Crippen LogP contribution in [0.3, 0.4) is 0 Å². The van der Waals surface area contributed by atoms with Gasteiger partial charge in [0.15, 0.2) is 5.96 Å². The van der Waals surface area contributed by atoms with Crippen LogP contribution in [0, 0.1) is 0 Å². The molecule has 0 saturated carbocycles. The molecule has 2 N–H and O–H groups in total. The van der Waals surface area contributed by atoms with E-state index in [2.05, 4.69) is 58.7 Å². The Labute approximate surface area is 185 Å². The van der Waals surface area contributed by atoms with Crippen LogP contribution in [0.25, 0.3) is 0 Å².